The molecular formula is C20H20N4. The SMILES string of the molecule is N#Cc1cccc(C#N)c1NC1CCCN(Cc2ccccc2)C1. The molecule has 0 amide bonds. The summed E-state index contributed by atoms with van der Waals surface area (Å²) >= 11 is 0. The third kappa shape index (κ3) is 3.74. The second kappa shape index (κ2) is 7.64. The summed E-state index contributed by atoms with van der Waals surface area (Å²) in [5.41, 5.74) is 3.06. The number of nitrogens with one attached hydrogen (secondary N) is 1. The number of hydrogen-bond acceptors (Lipinski definition) is 4. The number of rotatable bonds is 4. The maximum atomic E-state index is 9.30. The predicted molar refractivity (Wildman–Crippen MR) is 94.2 cm³/mol. The average Bonchev–Trinajstić information content (AvgIpc) is 2.63. The number of para-hydroxylation sites is 1. The van der Waals surface area contributed by atoms with E-state index >= 15 is 0 Å². The molecule has 2 aromatic rings. The van der Waals surface area contributed by atoms with Crippen LogP contribution in [0.15, 0.2) is 48.5 Å². The number of hydrogen-bond donors (Lipinski definition) is 1. The maximum Gasteiger partial charge on any atom is 0.101 e. The van der Waals surface area contributed by atoms with E-state index in [-0.39, 0.29) is 6.04 Å². The Bertz CT molecular complexity index is 738. The summed E-state index contributed by atoms with van der Waals surface area (Å²) in [7, 11) is 0. The fourth-order valence-corrected chi connectivity index (χ4v) is 3.26. The first kappa shape index (κ1) is 16.1. The molecule has 3 rings (SSSR count). The highest BCUT2D eigenvalue weighted by molar-refractivity contribution is 5.67. The minimum absolute atomic E-state index is 0.254. The van der Waals surface area contributed by atoms with Crippen LogP contribution in [0.1, 0.15) is 29.5 Å². The third-order valence-corrected chi connectivity index (χ3v) is 4.41. The van der Waals surface area contributed by atoms with E-state index in [2.05, 4.69) is 46.6 Å². The van der Waals surface area contributed by atoms with Crippen LogP contribution in [0.2, 0.25) is 0 Å². The van der Waals surface area contributed by atoms with Crippen molar-refractivity contribution in [3.8, 4) is 12.1 Å². The fraction of sp³-hybridized carbons (Fsp3) is 0.300. The molecule has 1 aliphatic heterocycles. The van der Waals surface area contributed by atoms with Crippen molar-refractivity contribution in [3.05, 3.63) is 65.2 Å². The van der Waals surface area contributed by atoms with Crippen LogP contribution in [0.3, 0.4) is 0 Å². The Morgan fingerprint density at radius 3 is 2.38 bits per heavy atom. The van der Waals surface area contributed by atoms with Crippen LogP contribution in [0, 0.1) is 22.7 Å². The Balaban J connectivity index is 1.70. The molecule has 1 unspecified atom stereocenters. The Hall–Kier alpha value is -2.82. The van der Waals surface area contributed by atoms with Crippen LogP contribution in [-0.4, -0.2) is 24.0 Å². The van der Waals surface area contributed by atoms with Gasteiger partial charge in [-0.05, 0) is 37.1 Å². The predicted octanol–water partition coefficient (Wildman–Crippen LogP) is 3.51. The summed E-state index contributed by atoms with van der Waals surface area (Å²) in [6.07, 6.45) is 2.16. The van der Waals surface area contributed by atoms with Crippen LogP contribution in [0.4, 0.5) is 5.69 Å². The molecule has 0 saturated carbocycles. The largest absolute Gasteiger partial charge is 0.379 e. The number of benzene rings is 2. The lowest BCUT2D eigenvalue weighted by atomic mass is 10.0. The van der Waals surface area contributed by atoms with Gasteiger partial charge in [-0.25, -0.2) is 0 Å². The van der Waals surface area contributed by atoms with E-state index in [4.69, 9.17) is 0 Å². The second-order valence-electron chi connectivity index (χ2n) is 6.16. The van der Waals surface area contributed by atoms with Crippen molar-refractivity contribution in [2.24, 2.45) is 0 Å². The van der Waals surface area contributed by atoms with Gasteiger partial charge in [0.05, 0.1) is 16.8 Å². The van der Waals surface area contributed by atoms with Gasteiger partial charge in [0.15, 0.2) is 0 Å². The zero-order chi connectivity index (χ0) is 16.8. The maximum absolute atomic E-state index is 9.30. The zero-order valence-electron chi connectivity index (χ0n) is 13.6. The van der Waals surface area contributed by atoms with Crippen LogP contribution >= 0.6 is 0 Å². The molecule has 1 N–H and O–H groups in total. The molecule has 1 fully saturated rings. The summed E-state index contributed by atoms with van der Waals surface area (Å²) in [4.78, 5) is 2.43. The standard InChI is InChI=1S/C20H20N4/c21-12-17-8-4-9-18(13-22)20(17)23-19-10-5-11-24(15-19)14-16-6-2-1-3-7-16/h1-4,6-9,19,23H,5,10-11,14-15H2. The highest BCUT2D eigenvalue weighted by Crippen LogP contribution is 2.24. The van der Waals surface area contributed by atoms with Gasteiger partial charge >= 0.3 is 0 Å². The van der Waals surface area contributed by atoms with Gasteiger partial charge in [-0.15, -0.1) is 0 Å². The molecule has 24 heavy (non-hydrogen) atoms. The first-order valence-electron chi connectivity index (χ1n) is 8.26. The first-order valence-corrected chi connectivity index (χ1v) is 8.26. The molecule has 1 aliphatic rings. The van der Waals surface area contributed by atoms with Crippen molar-refractivity contribution in [2.75, 3.05) is 18.4 Å². The molecule has 0 radical (unpaired) electrons. The highest BCUT2D eigenvalue weighted by Gasteiger charge is 2.21. The number of nitriles is 2. The lowest BCUT2D eigenvalue weighted by molar-refractivity contribution is 0.208. The molecule has 1 saturated heterocycles. The summed E-state index contributed by atoms with van der Waals surface area (Å²) in [5.74, 6) is 0. The van der Waals surface area contributed by atoms with Crippen molar-refractivity contribution in [3.63, 3.8) is 0 Å². The summed E-state index contributed by atoms with van der Waals surface area (Å²) in [5, 5.41) is 22.1. The molecule has 1 heterocycles. The number of nitrogens with zero attached hydrogens (tertiary/aromatic N) is 3. The quantitative estimate of drug-likeness (QED) is 0.937. The first-order chi connectivity index (χ1) is 11.8. The van der Waals surface area contributed by atoms with Gasteiger partial charge in [0, 0.05) is 19.1 Å². The van der Waals surface area contributed by atoms with E-state index in [0.29, 0.717) is 16.8 Å². The molecule has 0 aliphatic carbocycles. The molecule has 1 atom stereocenters. The van der Waals surface area contributed by atoms with E-state index in [1.807, 2.05) is 6.07 Å². The lowest BCUT2D eigenvalue weighted by Gasteiger charge is -2.34. The highest BCUT2D eigenvalue weighted by atomic mass is 15.2. The van der Waals surface area contributed by atoms with E-state index in [0.717, 1.165) is 32.5 Å². The molecule has 4 heteroatoms. The van der Waals surface area contributed by atoms with Crippen molar-refractivity contribution >= 4 is 5.69 Å². The van der Waals surface area contributed by atoms with Crippen molar-refractivity contribution in [1.82, 2.24) is 4.90 Å². The smallest absolute Gasteiger partial charge is 0.101 e. The molecule has 0 aromatic heterocycles. The fourth-order valence-electron chi connectivity index (χ4n) is 3.26. The second-order valence-corrected chi connectivity index (χ2v) is 6.16. The van der Waals surface area contributed by atoms with E-state index < -0.39 is 0 Å². The van der Waals surface area contributed by atoms with Crippen LogP contribution < -0.4 is 5.32 Å². The Morgan fingerprint density at radius 2 is 1.71 bits per heavy atom. The third-order valence-electron chi connectivity index (χ3n) is 4.41. The van der Waals surface area contributed by atoms with Gasteiger partial charge in [0.1, 0.15) is 12.1 Å². The molecule has 4 nitrogen and oxygen atoms in total. The van der Waals surface area contributed by atoms with Gasteiger partial charge in [-0.3, -0.25) is 4.90 Å². The minimum atomic E-state index is 0.254. The van der Waals surface area contributed by atoms with Crippen LogP contribution in [-0.2, 0) is 6.54 Å². The van der Waals surface area contributed by atoms with Crippen LogP contribution in [0.5, 0.6) is 0 Å². The van der Waals surface area contributed by atoms with Gasteiger partial charge < -0.3 is 5.32 Å². The minimum Gasteiger partial charge on any atom is -0.379 e. The van der Waals surface area contributed by atoms with Gasteiger partial charge in [-0.2, -0.15) is 10.5 Å². The number of anilines is 1. The average molecular weight is 316 g/mol. The van der Waals surface area contributed by atoms with Crippen molar-refractivity contribution in [2.45, 2.75) is 25.4 Å². The normalized spacial score (nSPS) is 17.7. The lowest BCUT2D eigenvalue weighted by Crippen LogP contribution is -2.41. The van der Waals surface area contributed by atoms with Crippen LogP contribution in [0.25, 0.3) is 0 Å². The zero-order valence-corrected chi connectivity index (χ0v) is 13.6. The van der Waals surface area contributed by atoms with E-state index in [1.54, 1.807) is 18.2 Å². The summed E-state index contributed by atoms with van der Waals surface area (Å²) in [6, 6.07) is 20.4. The molecule has 0 bridgehead atoms. The summed E-state index contributed by atoms with van der Waals surface area (Å²) in [6.45, 7) is 2.93. The van der Waals surface area contributed by atoms with Gasteiger partial charge in [0.2, 0.25) is 0 Å². The Kier molecular flexibility index (Phi) is 5.11. The Labute approximate surface area is 142 Å². The van der Waals surface area contributed by atoms with Crippen molar-refractivity contribution in [1.29, 1.82) is 10.5 Å². The van der Waals surface area contributed by atoms with E-state index in [9.17, 15) is 10.5 Å². The topological polar surface area (TPSA) is 62.9 Å². The molecule has 120 valence electrons. The summed E-state index contributed by atoms with van der Waals surface area (Å²) < 4.78 is 0. The molecule has 0 spiro atoms. The van der Waals surface area contributed by atoms with E-state index in [1.165, 1.54) is 5.56 Å². The molecule has 2 aromatic carbocycles. The molecular weight excluding hydrogens is 296 g/mol. The monoisotopic (exact) mass is 316 g/mol. The Morgan fingerprint density at radius 1 is 1.00 bits per heavy atom. The van der Waals surface area contributed by atoms with Crippen molar-refractivity contribution < 1.29 is 0 Å². The number of piperidine rings is 1. The number of likely N-dealkylation sites (tertiary alicyclic amines) is 1. The van der Waals surface area contributed by atoms with Gasteiger partial charge in [0.25, 0.3) is 0 Å². The van der Waals surface area contributed by atoms with Gasteiger partial charge in [-0.1, -0.05) is 36.4 Å².